The molecule has 1 heterocycles. The average molecular weight is 538 g/mol. The molecule has 0 radical (unpaired) electrons. The lowest BCUT2D eigenvalue weighted by Gasteiger charge is -2.30. The van der Waals surface area contributed by atoms with Crippen molar-refractivity contribution in [3.63, 3.8) is 0 Å². The highest BCUT2D eigenvalue weighted by Crippen LogP contribution is 2.28. The summed E-state index contributed by atoms with van der Waals surface area (Å²) in [4.78, 5) is 32.7. The number of hydrogen-bond donors (Lipinski definition) is 1. The molecule has 8 heteroatoms. The number of methoxy groups -OCH3 is 2. The van der Waals surface area contributed by atoms with E-state index in [9.17, 15) is 9.59 Å². The molecule has 0 spiro atoms. The molecule has 0 unspecified atom stereocenters. The summed E-state index contributed by atoms with van der Waals surface area (Å²) in [6, 6.07) is 15.3. The number of carbonyl (C=O) groups excluding carboxylic acids is 2. The lowest BCUT2D eigenvalue weighted by Crippen LogP contribution is -2.47. The zero-order valence-electron chi connectivity index (χ0n) is 23.5. The van der Waals surface area contributed by atoms with Gasteiger partial charge in [0.05, 0.1) is 20.8 Å². The van der Waals surface area contributed by atoms with E-state index in [0.717, 1.165) is 27.3 Å². The predicted molar refractivity (Wildman–Crippen MR) is 154 cm³/mol. The zero-order chi connectivity index (χ0) is 27.8. The third kappa shape index (κ3) is 7.51. The summed E-state index contributed by atoms with van der Waals surface area (Å²) in [6.45, 7) is 10.9. The molecule has 204 valence electrons. The SMILES string of the molecule is COc1ccc(CCN(Cc2ccc(C)s2)C(=O)CN(C(=O)Nc2cccc(C)c2C)C(C)C)cc1OC. The van der Waals surface area contributed by atoms with Crippen molar-refractivity contribution in [3.8, 4) is 11.5 Å². The number of amides is 3. The Morgan fingerprint density at radius 2 is 1.71 bits per heavy atom. The minimum Gasteiger partial charge on any atom is -0.493 e. The van der Waals surface area contributed by atoms with Crippen molar-refractivity contribution < 1.29 is 19.1 Å². The van der Waals surface area contributed by atoms with Gasteiger partial charge in [-0.05, 0) is 88.1 Å². The van der Waals surface area contributed by atoms with Crippen LogP contribution < -0.4 is 14.8 Å². The van der Waals surface area contributed by atoms with Gasteiger partial charge in [-0.3, -0.25) is 4.79 Å². The summed E-state index contributed by atoms with van der Waals surface area (Å²) in [5.74, 6) is 1.23. The van der Waals surface area contributed by atoms with E-state index < -0.39 is 0 Å². The lowest BCUT2D eigenvalue weighted by molar-refractivity contribution is -0.132. The van der Waals surface area contributed by atoms with E-state index in [-0.39, 0.29) is 24.5 Å². The summed E-state index contributed by atoms with van der Waals surface area (Å²) in [6.07, 6.45) is 0.646. The summed E-state index contributed by atoms with van der Waals surface area (Å²) >= 11 is 1.68. The van der Waals surface area contributed by atoms with Crippen molar-refractivity contribution in [2.45, 2.75) is 53.6 Å². The Morgan fingerprint density at radius 1 is 0.974 bits per heavy atom. The Balaban J connectivity index is 1.77. The molecular formula is C30H39N3O4S. The van der Waals surface area contributed by atoms with Gasteiger partial charge in [-0.2, -0.15) is 0 Å². The first kappa shape index (κ1) is 29.0. The molecule has 3 rings (SSSR count). The summed E-state index contributed by atoms with van der Waals surface area (Å²) in [5, 5.41) is 3.00. The standard InChI is InChI=1S/C30H39N3O4S/c1-20(2)33(30(35)31-26-10-8-9-21(3)23(26)5)19-29(34)32(18-25-13-11-22(4)38-25)16-15-24-12-14-27(36-6)28(17-24)37-7/h8-14,17,20H,15-16,18-19H2,1-7H3,(H,31,35). The number of rotatable bonds is 11. The second kappa shape index (κ2) is 13.3. The van der Waals surface area contributed by atoms with Crippen LogP contribution in [0.15, 0.2) is 48.5 Å². The van der Waals surface area contributed by atoms with Crippen LogP contribution in [0.25, 0.3) is 0 Å². The van der Waals surface area contributed by atoms with E-state index in [4.69, 9.17) is 9.47 Å². The van der Waals surface area contributed by atoms with Gasteiger partial charge >= 0.3 is 6.03 Å². The molecule has 0 aliphatic heterocycles. The molecular weight excluding hydrogens is 498 g/mol. The molecule has 1 N–H and O–H groups in total. The molecule has 0 fully saturated rings. The van der Waals surface area contributed by atoms with Gasteiger partial charge in [0.1, 0.15) is 6.54 Å². The molecule has 38 heavy (non-hydrogen) atoms. The molecule has 0 saturated carbocycles. The molecule has 3 amide bonds. The molecule has 3 aromatic rings. The van der Waals surface area contributed by atoms with Gasteiger partial charge in [0, 0.05) is 28.0 Å². The Kier molecular flexibility index (Phi) is 10.2. The number of benzene rings is 2. The second-order valence-electron chi connectivity index (χ2n) is 9.67. The molecule has 7 nitrogen and oxygen atoms in total. The Hall–Kier alpha value is -3.52. The largest absolute Gasteiger partial charge is 0.493 e. The van der Waals surface area contributed by atoms with E-state index >= 15 is 0 Å². The zero-order valence-corrected chi connectivity index (χ0v) is 24.3. The number of carbonyl (C=O) groups is 2. The van der Waals surface area contributed by atoms with Gasteiger partial charge in [0.2, 0.25) is 5.91 Å². The van der Waals surface area contributed by atoms with Crippen LogP contribution in [-0.2, 0) is 17.8 Å². The minimum absolute atomic E-state index is 0.00927. The smallest absolute Gasteiger partial charge is 0.322 e. The molecule has 0 aliphatic rings. The quantitative estimate of drug-likeness (QED) is 0.316. The minimum atomic E-state index is -0.283. The number of aryl methyl sites for hydroxylation is 2. The Morgan fingerprint density at radius 3 is 2.34 bits per heavy atom. The van der Waals surface area contributed by atoms with Crippen LogP contribution in [0.1, 0.15) is 40.3 Å². The van der Waals surface area contributed by atoms with Crippen LogP contribution in [0.5, 0.6) is 11.5 Å². The Labute approximate surface area is 230 Å². The summed E-state index contributed by atoms with van der Waals surface area (Å²) in [5.41, 5.74) is 3.91. The van der Waals surface area contributed by atoms with Crippen molar-refractivity contribution >= 4 is 29.0 Å². The van der Waals surface area contributed by atoms with E-state index in [1.54, 1.807) is 30.5 Å². The first-order valence-corrected chi connectivity index (χ1v) is 13.6. The van der Waals surface area contributed by atoms with Gasteiger partial charge in [0.15, 0.2) is 11.5 Å². The number of thiophene rings is 1. The van der Waals surface area contributed by atoms with E-state index in [0.29, 0.717) is 31.0 Å². The number of anilines is 1. The third-order valence-electron chi connectivity index (χ3n) is 6.65. The fourth-order valence-electron chi connectivity index (χ4n) is 4.16. The number of ether oxygens (including phenoxy) is 2. The molecule has 0 saturated heterocycles. The Bertz CT molecular complexity index is 1250. The van der Waals surface area contributed by atoms with Crippen molar-refractivity contribution in [3.05, 3.63) is 75.0 Å². The van der Waals surface area contributed by atoms with Gasteiger partial charge in [-0.1, -0.05) is 18.2 Å². The van der Waals surface area contributed by atoms with Crippen LogP contribution >= 0.6 is 11.3 Å². The first-order chi connectivity index (χ1) is 18.1. The second-order valence-corrected chi connectivity index (χ2v) is 11.0. The lowest BCUT2D eigenvalue weighted by atomic mass is 10.1. The molecule has 0 bridgehead atoms. The molecule has 0 aliphatic carbocycles. The summed E-state index contributed by atoms with van der Waals surface area (Å²) < 4.78 is 10.8. The van der Waals surface area contributed by atoms with Gasteiger partial charge < -0.3 is 24.6 Å². The maximum Gasteiger partial charge on any atom is 0.322 e. The molecule has 2 aromatic carbocycles. The number of urea groups is 1. The van der Waals surface area contributed by atoms with Crippen molar-refractivity contribution in [2.24, 2.45) is 0 Å². The summed E-state index contributed by atoms with van der Waals surface area (Å²) in [7, 11) is 3.22. The molecule has 0 atom stereocenters. The van der Waals surface area contributed by atoms with Gasteiger partial charge in [-0.15, -0.1) is 11.3 Å². The van der Waals surface area contributed by atoms with Gasteiger partial charge in [-0.25, -0.2) is 4.79 Å². The van der Waals surface area contributed by atoms with Crippen LogP contribution in [-0.4, -0.2) is 55.1 Å². The van der Waals surface area contributed by atoms with Crippen LogP contribution in [0.3, 0.4) is 0 Å². The predicted octanol–water partition coefficient (Wildman–Crippen LogP) is 6.20. The fourth-order valence-corrected chi connectivity index (χ4v) is 5.06. The maximum atomic E-state index is 13.7. The average Bonchev–Trinajstić information content (AvgIpc) is 3.31. The monoisotopic (exact) mass is 537 g/mol. The highest BCUT2D eigenvalue weighted by molar-refractivity contribution is 7.11. The maximum absolute atomic E-state index is 13.7. The van der Waals surface area contributed by atoms with Crippen LogP contribution in [0.4, 0.5) is 10.5 Å². The third-order valence-corrected chi connectivity index (χ3v) is 7.64. The van der Waals surface area contributed by atoms with E-state index in [2.05, 4.69) is 24.4 Å². The molecule has 1 aromatic heterocycles. The highest BCUT2D eigenvalue weighted by atomic mass is 32.1. The number of nitrogens with one attached hydrogen (secondary N) is 1. The first-order valence-electron chi connectivity index (χ1n) is 12.8. The number of hydrogen-bond acceptors (Lipinski definition) is 5. The highest BCUT2D eigenvalue weighted by Gasteiger charge is 2.24. The van der Waals surface area contributed by atoms with Gasteiger partial charge in [0.25, 0.3) is 0 Å². The fraction of sp³-hybridized carbons (Fsp3) is 0.400. The van der Waals surface area contributed by atoms with Crippen molar-refractivity contribution in [2.75, 3.05) is 32.6 Å². The van der Waals surface area contributed by atoms with Crippen LogP contribution in [0.2, 0.25) is 0 Å². The topological polar surface area (TPSA) is 71.1 Å². The van der Waals surface area contributed by atoms with E-state index in [1.165, 1.54) is 4.88 Å². The van der Waals surface area contributed by atoms with Crippen LogP contribution in [0, 0.1) is 20.8 Å². The normalized spacial score (nSPS) is 10.8. The van der Waals surface area contributed by atoms with Crippen molar-refractivity contribution in [1.82, 2.24) is 9.80 Å². The number of nitrogens with zero attached hydrogens (tertiary/aromatic N) is 2. The van der Waals surface area contributed by atoms with E-state index in [1.807, 2.05) is 69.0 Å². The van der Waals surface area contributed by atoms with Crippen molar-refractivity contribution in [1.29, 1.82) is 0 Å².